The number of nitrogens with one attached hydrogen (secondary N) is 1. The van der Waals surface area contributed by atoms with Crippen LogP contribution in [0, 0.1) is 28.9 Å². The minimum Gasteiger partial charge on any atom is -0.366 e. The molecule has 1 aromatic heterocycles. The summed E-state index contributed by atoms with van der Waals surface area (Å²) in [5, 5.41) is 14.1. The average Bonchev–Trinajstić information content (AvgIpc) is 2.39. The quantitative estimate of drug-likeness (QED) is 0.668. The van der Waals surface area contributed by atoms with E-state index in [9.17, 15) is 10.1 Å². The number of rotatable bonds is 5. The molecule has 6 heteroatoms. The second-order valence-electron chi connectivity index (χ2n) is 6.83. The van der Waals surface area contributed by atoms with Gasteiger partial charge >= 0.3 is 0 Å². The third-order valence-corrected chi connectivity index (χ3v) is 4.13. The number of pyridine rings is 1. The molecule has 1 saturated heterocycles. The van der Waals surface area contributed by atoms with Gasteiger partial charge in [-0.05, 0) is 37.7 Å². The molecule has 0 amide bonds. The smallest absolute Gasteiger partial charge is 0.287 e. The van der Waals surface area contributed by atoms with Crippen LogP contribution in [0.5, 0.6) is 0 Å². The number of nitrogens with zero attached hydrogens (tertiary/aromatic N) is 3. The molecule has 0 spiro atoms. The summed E-state index contributed by atoms with van der Waals surface area (Å²) < 4.78 is 0. The lowest BCUT2D eigenvalue weighted by Crippen LogP contribution is -2.43. The molecule has 1 aliphatic rings. The lowest BCUT2D eigenvalue weighted by Gasteiger charge is -2.36. The van der Waals surface area contributed by atoms with E-state index in [1.54, 1.807) is 6.07 Å². The van der Waals surface area contributed by atoms with Crippen molar-refractivity contribution in [3.05, 3.63) is 27.9 Å². The predicted octanol–water partition coefficient (Wildman–Crippen LogP) is 3.08. The van der Waals surface area contributed by atoms with Crippen LogP contribution in [-0.2, 0) is 0 Å². The number of piperidine rings is 1. The van der Waals surface area contributed by atoms with Gasteiger partial charge in [-0.2, -0.15) is 0 Å². The summed E-state index contributed by atoms with van der Waals surface area (Å²) >= 11 is 0. The summed E-state index contributed by atoms with van der Waals surface area (Å²) in [6.07, 6.45) is 2.62. The largest absolute Gasteiger partial charge is 0.366 e. The van der Waals surface area contributed by atoms with Crippen molar-refractivity contribution in [3.8, 4) is 0 Å². The van der Waals surface area contributed by atoms with Crippen LogP contribution < -0.4 is 5.32 Å². The fourth-order valence-electron chi connectivity index (χ4n) is 3.42. The van der Waals surface area contributed by atoms with Gasteiger partial charge in [0, 0.05) is 31.7 Å². The van der Waals surface area contributed by atoms with Gasteiger partial charge in [0.1, 0.15) is 12.0 Å². The fourth-order valence-corrected chi connectivity index (χ4v) is 3.42. The molecule has 1 aromatic rings. The molecular weight excluding hydrogens is 280 g/mol. The molecule has 2 heterocycles. The first-order chi connectivity index (χ1) is 10.3. The van der Waals surface area contributed by atoms with Gasteiger partial charge in [-0.15, -0.1) is 0 Å². The Morgan fingerprint density at radius 1 is 1.45 bits per heavy atom. The van der Waals surface area contributed by atoms with Crippen molar-refractivity contribution >= 4 is 11.5 Å². The van der Waals surface area contributed by atoms with Crippen LogP contribution >= 0.6 is 0 Å². The first-order valence-electron chi connectivity index (χ1n) is 7.95. The normalized spacial score (nSPS) is 24.0. The zero-order valence-corrected chi connectivity index (χ0v) is 13.9. The summed E-state index contributed by atoms with van der Waals surface area (Å²) in [4.78, 5) is 17.0. The summed E-state index contributed by atoms with van der Waals surface area (Å²) in [5.41, 5.74) is 0.843. The van der Waals surface area contributed by atoms with Crippen LogP contribution in [0.15, 0.2) is 12.3 Å². The first kappa shape index (κ1) is 16.7. The lowest BCUT2D eigenvalue weighted by atomic mass is 9.92. The second-order valence-corrected chi connectivity index (χ2v) is 6.83. The molecule has 0 bridgehead atoms. The molecule has 1 N–H and O–H groups in total. The maximum atomic E-state index is 10.7. The Balaban J connectivity index is 1.94. The third-order valence-electron chi connectivity index (χ3n) is 4.13. The Morgan fingerprint density at radius 2 is 2.09 bits per heavy atom. The molecule has 2 rings (SSSR count). The Bertz CT molecular complexity index is 525. The number of nitro groups is 1. The zero-order chi connectivity index (χ0) is 16.3. The molecule has 22 heavy (non-hydrogen) atoms. The molecule has 0 aromatic carbocycles. The number of hydrogen-bond acceptors (Lipinski definition) is 5. The van der Waals surface area contributed by atoms with Gasteiger partial charge in [0.2, 0.25) is 0 Å². The van der Waals surface area contributed by atoms with Gasteiger partial charge in [0.15, 0.2) is 0 Å². The van der Waals surface area contributed by atoms with Crippen molar-refractivity contribution in [1.29, 1.82) is 0 Å². The van der Waals surface area contributed by atoms with Gasteiger partial charge in [-0.25, -0.2) is 4.98 Å². The van der Waals surface area contributed by atoms with E-state index in [2.05, 4.69) is 36.0 Å². The van der Waals surface area contributed by atoms with Crippen LogP contribution in [0.2, 0.25) is 0 Å². The molecule has 6 nitrogen and oxygen atoms in total. The first-order valence-corrected chi connectivity index (χ1v) is 7.95. The fraction of sp³-hybridized carbons (Fsp3) is 0.688. The highest BCUT2D eigenvalue weighted by Gasteiger charge is 2.23. The number of likely N-dealkylation sites (tertiary alicyclic amines) is 1. The topological polar surface area (TPSA) is 71.3 Å². The van der Waals surface area contributed by atoms with Crippen molar-refractivity contribution in [2.24, 2.45) is 11.8 Å². The van der Waals surface area contributed by atoms with Gasteiger partial charge in [0.25, 0.3) is 5.69 Å². The van der Waals surface area contributed by atoms with E-state index in [0.29, 0.717) is 0 Å². The van der Waals surface area contributed by atoms with E-state index >= 15 is 0 Å². The van der Waals surface area contributed by atoms with Crippen LogP contribution in [0.25, 0.3) is 0 Å². The summed E-state index contributed by atoms with van der Waals surface area (Å²) in [5.74, 6) is 2.22. The van der Waals surface area contributed by atoms with Crippen LogP contribution in [0.4, 0.5) is 11.5 Å². The highest BCUT2D eigenvalue weighted by molar-refractivity contribution is 5.48. The third kappa shape index (κ3) is 4.40. The number of hydrogen-bond donors (Lipinski definition) is 1. The summed E-state index contributed by atoms with van der Waals surface area (Å²) in [6.45, 7) is 11.8. The minimum atomic E-state index is -0.413. The predicted molar refractivity (Wildman–Crippen MR) is 88.1 cm³/mol. The van der Waals surface area contributed by atoms with Crippen molar-refractivity contribution in [2.45, 2.75) is 40.2 Å². The van der Waals surface area contributed by atoms with Crippen LogP contribution in [0.3, 0.4) is 0 Å². The SMILES string of the molecule is Cc1cc([N+](=O)[O-])cnc1NC(C)CN1CC(C)CC(C)C1. The highest BCUT2D eigenvalue weighted by Crippen LogP contribution is 2.22. The Hall–Kier alpha value is -1.69. The Morgan fingerprint density at radius 3 is 2.64 bits per heavy atom. The lowest BCUT2D eigenvalue weighted by molar-refractivity contribution is -0.385. The van der Waals surface area contributed by atoms with Gasteiger partial charge in [-0.1, -0.05) is 13.8 Å². The van der Waals surface area contributed by atoms with E-state index in [0.717, 1.165) is 42.9 Å². The maximum Gasteiger partial charge on any atom is 0.287 e. The molecule has 3 unspecified atom stereocenters. The molecule has 0 saturated carbocycles. The van der Waals surface area contributed by atoms with E-state index in [4.69, 9.17) is 0 Å². The molecule has 3 atom stereocenters. The second kappa shape index (κ2) is 7.05. The molecule has 1 fully saturated rings. The average molecular weight is 306 g/mol. The van der Waals surface area contributed by atoms with Crippen molar-refractivity contribution < 1.29 is 4.92 Å². The van der Waals surface area contributed by atoms with E-state index in [-0.39, 0.29) is 11.7 Å². The van der Waals surface area contributed by atoms with E-state index < -0.39 is 4.92 Å². The van der Waals surface area contributed by atoms with E-state index in [1.165, 1.54) is 12.6 Å². The van der Waals surface area contributed by atoms with Crippen LogP contribution in [0.1, 0.15) is 32.8 Å². The van der Waals surface area contributed by atoms with Gasteiger partial charge in [-0.3, -0.25) is 10.1 Å². The highest BCUT2D eigenvalue weighted by atomic mass is 16.6. The summed E-state index contributed by atoms with van der Waals surface area (Å²) in [6, 6.07) is 1.82. The van der Waals surface area contributed by atoms with E-state index in [1.807, 2.05) is 6.92 Å². The molecule has 122 valence electrons. The van der Waals surface area contributed by atoms with Crippen molar-refractivity contribution in [2.75, 3.05) is 25.0 Å². The van der Waals surface area contributed by atoms with Crippen molar-refractivity contribution in [1.82, 2.24) is 9.88 Å². The minimum absolute atomic E-state index is 0.0365. The Labute approximate surface area is 132 Å². The monoisotopic (exact) mass is 306 g/mol. The maximum absolute atomic E-state index is 10.7. The zero-order valence-electron chi connectivity index (χ0n) is 13.9. The molecule has 1 aliphatic heterocycles. The van der Waals surface area contributed by atoms with Gasteiger partial charge in [0.05, 0.1) is 4.92 Å². The summed E-state index contributed by atoms with van der Waals surface area (Å²) in [7, 11) is 0. The standard InChI is InChI=1S/C16H26N4O2/c1-11-5-12(2)9-19(8-11)10-14(4)18-16-13(3)6-15(7-17-16)20(21)22/h6-7,11-12,14H,5,8-10H2,1-4H3,(H,17,18). The Kier molecular flexibility index (Phi) is 5.34. The number of anilines is 1. The molecule has 0 aliphatic carbocycles. The number of aromatic nitrogens is 1. The molecular formula is C16H26N4O2. The molecule has 0 radical (unpaired) electrons. The van der Waals surface area contributed by atoms with Crippen LogP contribution in [-0.4, -0.2) is 40.5 Å². The van der Waals surface area contributed by atoms with Crippen molar-refractivity contribution in [3.63, 3.8) is 0 Å². The van der Waals surface area contributed by atoms with Gasteiger partial charge < -0.3 is 10.2 Å². The number of aryl methyl sites for hydroxylation is 1.